The molecule has 1 atom stereocenters. The maximum atomic E-state index is 5.79. The van der Waals surface area contributed by atoms with E-state index in [-0.39, 0.29) is 0 Å². The van der Waals surface area contributed by atoms with Crippen LogP contribution in [0.3, 0.4) is 0 Å². The molecule has 5 nitrogen and oxygen atoms in total. The smallest absolute Gasteiger partial charge is 0.228 e. The quantitative estimate of drug-likeness (QED) is 0.912. The van der Waals surface area contributed by atoms with Crippen molar-refractivity contribution >= 4 is 11.6 Å². The van der Waals surface area contributed by atoms with Gasteiger partial charge in [-0.1, -0.05) is 30.6 Å². The van der Waals surface area contributed by atoms with Crippen molar-refractivity contribution in [3.8, 4) is 11.5 Å². The van der Waals surface area contributed by atoms with Crippen molar-refractivity contribution in [1.29, 1.82) is 0 Å². The molecule has 0 aromatic carbocycles. The number of aromatic nitrogens is 3. The monoisotopic (exact) mass is 280 g/mol. The summed E-state index contributed by atoms with van der Waals surface area (Å²) in [4.78, 5) is 8.52. The fourth-order valence-electron chi connectivity index (χ4n) is 1.81. The SMILES string of the molecule is CNC(Cc1nc(-c2ccc(Cl)cn2)no1)C(C)C. The lowest BCUT2D eigenvalue weighted by molar-refractivity contribution is 0.335. The topological polar surface area (TPSA) is 63.8 Å². The minimum Gasteiger partial charge on any atom is -0.339 e. The third-order valence-electron chi connectivity index (χ3n) is 2.99. The van der Waals surface area contributed by atoms with Crippen molar-refractivity contribution in [2.24, 2.45) is 5.92 Å². The summed E-state index contributed by atoms with van der Waals surface area (Å²) in [5.41, 5.74) is 0.657. The van der Waals surface area contributed by atoms with E-state index in [9.17, 15) is 0 Å². The number of likely N-dealkylation sites (N-methyl/N-ethyl adjacent to an activating group) is 1. The van der Waals surface area contributed by atoms with Crippen LogP contribution >= 0.6 is 11.6 Å². The summed E-state index contributed by atoms with van der Waals surface area (Å²) in [6.45, 7) is 4.30. The van der Waals surface area contributed by atoms with E-state index in [1.54, 1.807) is 18.3 Å². The molecule has 2 heterocycles. The highest BCUT2D eigenvalue weighted by Crippen LogP contribution is 2.16. The third-order valence-corrected chi connectivity index (χ3v) is 3.22. The lowest BCUT2D eigenvalue weighted by atomic mass is 10.0. The van der Waals surface area contributed by atoms with Gasteiger partial charge in [-0.2, -0.15) is 4.98 Å². The molecular weight excluding hydrogens is 264 g/mol. The Morgan fingerprint density at radius 2 is 2.16 bits per heavy atom. The molecule has 0 aliphatic carbocycles. The molecule has 0 aliphatic heterocycles. The molecule has 6 heteroatoms. The van der Waals surface area contributed by atoms with Crippen LogP contribution in [0.25, 0.3) is 11.5 Å². The Bertz CT molecular complexity index is 524. The van der Waals surface area contributed by atoms with Crippen LogP contribution in [0.5, 0.6) is 0 Å². The molecule has 0 fully saturated rings. The van der Waals surface area contributed by atoms with Gasteiger partial charge in [0.05, 0.1) is 5.02 Å². The molecule has 2 rings (SSSR count). The number of pyridine rings is 1. The van der Waals surface area contributed by atoms with Crippen molar-refractivity contribution in [3.63, 3.8) is 0 Å². The van der Waals surface area contributed by atoms with Crippen LogP contribution in [0, 0.1) is 5.92 Å². The van der Waals surface area contributed by atoms with Crippen molar-refractivity contribution < 1.29 is 4.52 Å². The maximum absolute atomic E-state index is 5.79. The average molecular weight is 281 g/mol. The zero-order valence-electron chi connectivity index (χ0n) is 11.2. The van der Waals surface area contributed by atoms with E-state index < -0.39 is 0 Å². The number of rotatable bonds is 5. The molecule has 2 aromatic heterocycles. The van der Waals surface area contributed by atoms with Gasteiger partial charge in [0.1, 0.15) is 5.69 Å². The number of nitrogens with one attached hydrogen (secondary N) is 1. The lowest BCUT2D eigenvalue weighted by Crippen LogP contribution is -2.32. The molecule has 19 heavy (non-hydrogen) atoms. The standard InChI is InChI=1S/C13H17ClN4O/c1-8(2)11(15-3)6-12-17-13(18-19-12)10-5-4-9(14)7-16-10/h4-5,7-8,11,15H,6H2,1-3H3. The van der Waals surface area contributed by atoms with Crippen molar-refractivity contribution in [1.82, 2.24) is 20.4 Å². The van der Waals surface area contributed by atoms with Gasteiger partial charge in [-0.3, -0.25) is 4.98 Å². The Kier molecular flexibility index (Phi) is 4.50. The highest BCUT2D eigenvalue weighted by Gasteiger charge is 2.17. The molecule has 0 spiro atoms. The molecular formula is C13H17ClN4O. The minimum atomic E-state index is 0.312. The first-order chi connectivity index (χ1) is 9.10. The Morgan fingerprint density at radius 1 is 1.37 bits per heavy atom. The van der Waals surface area contributed by atoms with E-state index in [1.165, 1.54) is 0 Å². The second-order valence-corrected chi connectivity index (χ2v) is 5.15. The second kappa shape index (κ2) is 6.12. The van der Waals surface area contributed by atoms with Crippen molar-refractivity contribution in [3.05, 3.63) is 29.2 Å². The first-order valence-corrected chi connectivity index (χ1v) is 6.59. The van der Waals surface area contributed by atoms with Gasteiger partial charge in [-0.15, -0.1) is 0 Å². The maximum Gasteiger partial charge on any atom is 0.228 e. The summed E-state index contributed by atoms with van der Waals surface area (Å²) >= 11 is 5.79. The normalized spacial score (nSPS) is 12.9. The summed E-state index contributed by atoms with van der Waals surface area (Å²) in [6.07, 6.45) is 2.27. The molecule has 102 valence electrons. The Balaban J connectivity index is 2.12. The van der Waals surface area contributed by atoms with Crippen LogP contribution < -0.4 is 5.32 Å². The predicted molar refractivity (Wildman–Crippen MR) is 73.9 cm³/mol. The van der Waals surface area contributed by atoms with Crippen LogP contribution in [-0.4, -0.2) is 28.2 Å². The Morgan fingerprint density at radius 3 is 2.74 bits per heavy atom. The highest BCUT2D eigenvalue weighted by atomic mass is 35.5. The Labute approximate surface area is 117 Å². The third kappa shape index (κ3) is 3.52. The van der Waals surface area contributed by atoms with Gasteiger partial charge in [-0.05, 0) is 25.1 Å². The zero-order valence-corrected chi connectivity index (χ0v) is 12.0. The molecule has 0 aliphatic rings. The lowest BCUT2D eigenvalue weighted by Gasteiger charge is -2.17. The van der Waals surface area contributed by atoms with E-state index in [2.05, 4.69) is 34.3 Å². The number of halogens is 1. The highest BCUT2D eigenvalue weighted by molar-refractivity contribution is 6.30. The Hall–Kier alpha value is -1.46. The molecule has 0 saturated heterocycles. The van der Waals surface area contributed by atoms with Gasteiger partial charge in [0.25, 0.3) is 0 Å². The van der Waals surface area contributed by atoms with Crippen LogP contribution in [0.4, 0.5) is 0 Å². The molecule has 0 saturated carbocycles. The van der Waals surface area contributed by atoms with Crippen molar-refractivity contribution in [2.75, 3.05) is 7.05 Å². The number of nitrogens with zero attached hydrogens (tertiary/aromatic N) is 3. The van der Waals surface area contributed by atoms with Gasteiger partial charge >= 0.3 is 0 Å². The average Bonchev–Trinajstić information content (AvgIpc) is 2.85. The van der Waals surface area contributed by atoms with Gasteiger partial charge in [0.2, 0.25) is 11.7 Å². The fraction of sp³-hybridized carbons (Fsp3) is 0.462. The zero-order chi connectivity index (χ0) is 13.8. The largest absolute Gasteiger partial charge is 0.339 e. The first kappa shape index (κ1) is 14.0. The van der Waals surface area contributed by atoms with Gasteiger partial charge in [0, 0.05) is 18.7 Å². The van der Waals surface area contributed by atoms with Crippen LogP contribution in [0.1, 0.15) is 19.7 Å². The van der Waals surface area contributed by atoms with E-state index in [0.717, 1.165) is 0 Å². The fourth-order valence-corrected chi connectivity index (χ4v) is 1.92. The van der Waals surface area contributed by atoms with Gasteiger partial charge < -0.3 is 9.84 Å². The van der Waals surface area contributed by atoms with Crippen molar-refractivity contribution in [2.45, 2.75) is 26.3 Å². The summed E-state index contributed by atoms with van der Waals surface area (Å²) in [5.74, 6) is 1.60. The first-order valence-electron chi connectivity index (χ1n) is 6.22. The molecule has 0 bridgehead atoms. The predicted octanol–water partition coefficient (Wildman–Crippen LogP) is 2.57. The van der Waals surface area contributed by atoms with Crippen LogP contribution in [0.2, 0.25) is 5.02 Å². The molecule has 0 amide bonds. The van der Waals surface area contributed by atoms with E-state index in [1.807, 2.05) is 7.05 Å². The van der Waals surface area contributed by atoms with E-state index in [4.69, 9.17) is 16.1 Å². The van der Waals surface area contributed by atoms with Gasteiger partial charge in [0.15, 0.2) is 0 Å². The van der Waals surface area contributed by atoms with E-state index >= 15 is 0 Å². The molecule has 2 aromatic rings. The minimum absolute atomic E-state index is 0.312. The molecule has 0 radical (unpaired) electrons. The van der Waals surface area contributed by atoms with Gasteiger partial charge in [-0.25, -0.2) is 0 Å². The summed E-state index contributed by atoms with van der Waals surface area (Å²) in [5, 5.41) is 7.77. The number of hydrogen-bond donors (Lipinski definition) is 1. The molecule has 1 N–H and O–H groups in total. The summed E-state index contributed by atoms with van der Waals surface area (Å²) in [6, 6.07) is 3.84. The number of hydrogen-bond acceptors (Lipinski definition) is 5. The summed E-state index contributed by atoms with van der Waals surface area (Å²) in [7, 11) is 1.93. The van der Waals surface area contributed by atoms with Crippen LogP contribution in [0.15, 0.2) is 22.9 Å². The second-order valence-electron chi connectivity index (χ2n) is 4.72. The van der Waals surface area contributed by atoms with E-state index in [0.29, 0.717) is 40.8 Å². The van der Waals surface area contributed by atoms with Crippen LogP contribution in [-0.2, 0) is 6.42 Å². The summed E-state index contributed by atoms with van der Waals surface area (Å²) < 4.78 is 5.26. The molecule has 1 unspecified atom stereocenters.